The highest BCUT2D eigenvalue weighted by Gasteiger charge is 2.16. The molecule has 2 aromatic carbocycles. The fourth-order valence-corrected chi connectivity index (χ4v) is 2.21. The number of nitrogens with zero attached hydrogens (tertiary/aromatic N) is 1. The van der Waals surface area contributed by atoms with Gasteiger partial charge in [0.2, 0.25) is 5.91 Å². The van der Waals surface area contributed by atoms with E-state index in [0.29, 0.717) is 11.3 Å². The first kappa shape index (κ1) is 15.7. The fourth-order valence-electron chi connectivity index (χ4n) is 2.21. The molecule has 1 amide bonds. The fraction of sp³-hybridized carbons (Fsp3) is 0.222. The van der Waals surface area contributed by atoms with Gasteiger partial charge in [-0.2, -0.15) is 5.26 Å². The van der Waals surface area contributed by atoms with Crippen molar-refractivity contribution in [1.82, 2.24) is 5.32 Å². The van der Waals surface area contributed by atoms with Crippen LogP contribution in [0, 0.1) is 11.3 Å². The summed E-state index contributed by atoms with van der Waals surface area (Å²) < 4.78 is 0. The normalized spacial score (nSPS) is 13.0. The number of nitriles is 1. The van der Waals surface area contributed by atoms with Gasteiger partial charge >= 0.3 is 0 Å². The third kappa shape index (κ3) is 4.18. The predicted molar refractivity (Wildman–Crippen MR) is 87.2 cm³/mol. The molecule has 2 rings (SSSR count). The van der Waals surface area contributed by atoms with Crippen LogP contribution in [0.4, 0.5) is 5.69 Å². The van der Waals surface area contributed by atoms with Crippen LogP contribution in [0.2, 0.25) is 0 Å². The molecule has 0 saturated carbocycles. The van der Waals surface area contributed by atoms with E-state index in [0.717, 1.165) is 5.56 Å². The Morgan fingerprint density at radius 3 is 2.50 bits per heavy atom. The minimum atomic E-state index is -0.346. The number of carbonyl (C=O) groups is 1. The number of nitrogens with one attached hydrogen (secondary N) is 2. The van der Waals surface area contributed by atoms with E-state index in [9.17, 15) is 4.79 Å². The van der Waals surface area contributed by atoms with Crippen molar-refractivity contribution in [1.29, 1.82) is 5.26 Å². The molecule has 0 bridgehead atoms. The van der Waals surface area contributed by atoms with Gasteiger partial charge in [-0.25, -0.2) is 0 Å². The minimum absolute atomic E-state index is 0.0763. The molecule has 0 saturated heterocycles. The number of anilines is 1. The van der Waals surface area contributed by atoms with Gasteiger partial charge in [0.25, 0.3) is 0 Å². The second kappa shape index (κ2) is 7.39. The SMILES string of the molecule is C[C@H](N[C@H](C)C(=O)Nc1cccc(C#N)c1)c1ccccc1. The van der Waals surface area contributed by atoms with Gasteiger partial charge < -0.3 is 5.32 Å². The van der Waals surface area contributed by atoms with Crippen molar-refractivity contribution in [2.75, 3.05) is 5.32 Å². The minimum Gasteiger partial charge on any atom is -0.325 e. The van der Waals surface area contributed by atoms with Gasteiger partial charge in [-0.15, -0.1) is 0 Å². The van der Waals surface area contributed by atoms with Crippen LogP contribution in [-0.2, 0) is 4.79 Å². The van der Waals surface area contributed by atoms with Crippen molar-refractivity contribution >= 4 is 11.6 Å². The third-order valence-electron chi connectivity index (χ3n) is 3.45. The maximum absolute atomic E-state index is 12.2. The Balaban J connectivity index is 1.96. The highest BCUT2D eigenvalue weighted by molar-refractivity contribution is 5.94. The van der Waals surface area contributed by atoms with E-state index in [1.165, 1.54) is 0 Å². The maximum Gasteiger partial charge on any atom is 0.241 e. The second-order valence-corrected chi connectivity index (χ2v) is 5.20. The summed E-state index contributed by atoms with van der Waals surface area (Å²) in [4.78, 5) is 12.2. The summed E-state index contributed by atoms with van der Waals surface area (Å²) in [7, 11) is 0. The molecule has 0 radical (unpaired) electrons. The molecule has 0 aliphatic rings. The highest BCUT2D eigenvalue weighted by atomic mass is 16.2. The van der Waals surface area contributed by atoms with Gasteiger partial charge in [-0.1, -0.05) is 36.4 Å². The van der Waals surface area contributed by atoms with Crippen LogP contribution in [0.1, 0.15) is 31.0 Å². The Kier molecular flexibility index (Phi) is 5.29. The average molecular weight is 293 g/mol. The zero-order chi connectivity index (χ0) is 15.9. The topological polar surface area (TPSA) is 64.9 Å². The number of amides is 1. The van der Waals surface area contributed by atoms with Crippen LogP contribution < -0.4 is 10.6 Å². The average Bonchev–Trinajstić information content (AvgIpc) is 2.55. The Labute approximate surface area is 130 Å². The molecule has 0 aromatic heterocycles. The van der Waals surface area contributed by atoms with Crippen LogP contribution in [0.25, 0.3) is 0 Å². The van der Waals surface area contributed by atoms with E-state index in [4.69, 9.17) is 5.26 Å². The van der Waals surface area contributed by atoms with Crippen LogP contribution in [-0.4, -0.2) is 11.9 Å². The van der Waals surface area contributed by atoms with E-state index in [2.05, 4.69) is 16.7 Å². The highest BCUT2D eigenvalue weighted by Crippen LogP contribution is 2.13. The summed E-state index contributed by atoms with van der Waals surface area (Å²) in [5, 5.41) is 15.0. The number of carbonyl (C=O) groups excluding carboxylic acids is 1. The van der Waals surface area contributed by atoms with Crippen LogP contribution in [0.3, 0.4) is 0 Å². The zero-order valence-corrected chi connectivity index (χ0v) is 12.7. The van der Waals surface area contributed by atoms with E-state index in [-0.39, 0.29) is 18.0 Å². The Bertz CT molecular complexity index is 676. The molecule has 0 unspecified atom stereocenters. The first-order valence-corrected chi connectivity index (χ1v) is 7.22. The lowest BCUT2D eigenvalue weighted by Crippen LogP contribution is -2.39. The molecule has 4 heteroatoms. The predicted octanol–water partition coefficient (Wildman–Crippen LogP) is 3.24. The lowest BCUT2D eigenvalue weighted by atomic mass is 10.1. The summed E-state index contributed by atoms with van der Waals surface area (Å²) in [6, 6.07) is 18.6. The van der Waals surface area contributed by atoms with Crippen LogP contribution in [0.15, 0.2) is 54.6 Å². The van der Waals surface area contributed by atoms with Crippen LogP contribution >= 0.6 is 0 Å². The molecule has 112 valence electrons. The molecule has 0 aliphatic heterocycles. The first-order chi connectivity index (χ1) is 10.6. The first-order valence-electron chi connectivity index (χ1n) is 7.22. The molecular weight excluding hydrogens is 274 g/mol. The standard InChI is InChI=1S/C18H19N3O/c1-13(16-8-4-3-5-9-16)20-14(2)18(22)21-17-10-6-7-15(11-17)12-19/h3-11,13-14,20H,1-2H3,(H,21,22)/t13-,14+/m0/s1. The quantitative estimate of drug-likeness (QED) is 0.889. The van der Waals surface area contributed by atoms with E-state index >= 15 is 0 Å². The number of hydrogen-bond acceptors (Lipinski definition) is 3. The number of rotatable bonds is 5. The van der Waals surface area contributed by atoms with Crippen molar-refractivity contribution in [3.05, 3.63) is 65.7 Å². The summed E-state index contributed by atoms with van der Waals surface area (Å²) in [5.41, 5.74) is 2.29. The summed E-state index contributed by atoms with van der Waals surface area (Å²) in [5.74, 6) is -0.127. The van der Waals surface area contributed by atoms with E-state index < -0.39 is 0 Å². The lowest BCUT2D eigenvalue weighted by Gasteiger charge is -2.20. The van der Waals surface area contributed by atoms with Crippen molar-refractivity contribution in [3.63, 3.8) is 0 Å². The van der Waals surface area contributed by atoms with Crippen molar-refractivity contribution in [3.8, 4) is 6.07 Å². The van der Waals surface area contributed by atoms with E-state index in [1.54, 1.807) is 24.3 Å². The van der Waals surface area contributed by atoms with Crippen molar-refractivity contribution in [2.24, 2.45) is 0 Å². The largest absolute Gasteiger partial charge is 0.325 e. The van der Waals surface area contributed by atoms with Crippen molar-refractivity contribution < 1.29 is 4.79 Å². The summed E-state index contributed by atoms with van der Waals surface area (Å²) >= 11 is 0. The molecule has 22 heavy (non-hydrogen) atoms. The van der Waals surface area contributed by atoms with E-state index in [1.807, 2.05) is 44.2 Å². The molecule has 2 N–H and O–H groups in total. The number of hydrogen-bond donors (Lipinski definition) is 2. The molecule has 0 aliphatic carbocycles. The summed E-state index contributed by atoms with van der Waals surface area (Å²) in [6.45, 7) is 3.85. The maximum atomic E-state index is 12.2. The smallest absolute Gasteiger partial charge is 0.241 e. The molecular formula is C18H19N3O. The molecule has 2 aromatic rings. The Morgan fingerprint density at radius 2 is 1.82 bits per heavy atom. The zero-order valence-electron chi connectivity index (χ0n) is 12.7. The molecule has 0 spiro atoms. The summed E-state index contributed by atoms with van der Waals surface area (Å²) in [6.07, 6.45) is 0. The third-order valence-corrected chi connectivity index (χ3v) is 3.45. The van der Waals surface area contributed by atoms with Gasteiger partial charge in [0, 0.05) is 11.7 Å². The van der Waals surface area contributed by atoms with Gasteiger partial charge in [0.15, 0.2) is 0 Å². The second-order valence-electron chi connectivity index (χ2n) is 5.20. The monoisotopic (exact) mass is 293 g/mol. The molecule has 2 atom stereocenters. The Hall–Kier alpha value is -2.64. The van der Waals surface area contributed by atoms with Crippen molar-refractivity contribution in [2.45, 2.75) is 25.9 Å². The lowest BCUT2D eigenvalue weighted by molar-refractivity contribution is -0.117. The number of benzene rings is 2. The van der Waals surface area contributed by atoms with Gasteiger partial charge in [0.05, 0.1) is 17.7 Å². The Morgan fingerprint density at radius 1 is 1.09 bits per heavy atom. The molecule has 0 fully saturated rings. The van der Waals surface area contributed by atoms with Crippen LogP contribution in [0.5, 0.6) is 0 Å². The van der Waals surface area contributed by atoms with Gasteiger partial charge in [-0.05, 0) is 37.6 Å². The molecule has 0 heterocycles. The van der Waals surface area contributed by atoms with Gasteiger partial charge in [0.1, 0.15) is 0 Å². The molecule has 4 nitrogen and oxygen atoms in total. The van der Waals surface area contributed by atoms with Gasteiger partial charge in [-0.3, -0.25) is 10.1 Å².